The van der Waals surface area contributed by atoms with Crippen LogP contribution in [0.5, 0.6) is 0 Å². The smallest absolute Gasteiger partial charge is 0.281 e. The Kier molecular flexibility index (Phi) is 3.40. The SMILES string of the molecule is CCC(C)N(C(=O)c1ccn(C)n1)c1nnc[nH]1. The monoisotopic (exact) mass is 248 g/mol. The van der Waals surface area contributed by atoms with Crippen LogP contribution in [0.1, 0.15) is 30.8 Å². The number of carbonyl (C=O) groups is 1. The number of carbonyl (C=O) groups excluding carboxylic acids is 1. The molecule has 0 fully saturated rings. The van der Waals surface area contributed by atoms with Crippen LogP contribution in [0.3, 0.4) is 0 Å². The van der Waals surface area contributed by atoms with E-state index >= 15 is 0 Å². The van der Waals surface area contributed by atoms with E-state index in [0.29, 0.717) is 11.6 Å². The summed E-state index contributed by atoms with van der Waals surface area (Å²) >= 11 is 0. The molecule has 0 radical (unpaired) electrons. The minimum absolute atomic E-state index is 0.0208. The molecular formula is C11H16N6O. The van der Waals surface area contributed by atoms with Gasteiger partial charge in [0.15, 0.2) is 5.69 Å². The van der Waals surface area contributed by atoms with Crippen molar-refractivity contribution in [2.24, 2.45) is 7.05 Å². The second-order valence-corrected chi connectivity index (χ2v) is 4.12. The molecule has 96 valence electrons. The number of rotatable bonds is 4. The molecule has 7 heteroatoms. The molecule has 0 aliphatic carbocycles. The van der Waals surface area contributed by atoms with E-state index in [2.05, 4.69) is 20.3 Å². The molecule has 1 amide bonds. The molecule has 2 aromatic rings. The van der Waals surface area contributed by atoms with E-state index in [1.54, 1.807) is 28.9 Å². The lowest BCUT2D eigenvalue weighted by molar-refractivity contribution is 0.0970. The van der Waals surface area contributed by atoms with Crippen molar-refractivity contribution >= 4 is 11.9 Å². The van der Waals surface area contributed by atoms with E-state index in [1.165, 1.54) is 6.33 Å². The zero-order chi connectivity index (χ0) is 13.1. The Morgan fingerprint density at radius 3 is 2.89 bits per heavy atom. The quantitative estimate of drug-likeness (QED) is 0.874. The maximum Gasteiger partial charge on any atom is 0.281 e. The fraction of sp³-hybridized carbons (Fsp3) is 0.455. The molecule has 1 unspecified atom stereocenters. The molecule has 0 spiro atoms. The van der Waals surface area contributed by atoms with Crippen LogP contribution in [0.4, 0.5) is 5.95 Å². The van der Waals surface area contributed by atoms with Crippen molar-refractivity contribution in [2.75, 3.05) is 4.90 Å². The normalized spacial score (nSPS) is 12.4. The number of amides is 1. The average molecular weight is 248 g/mol. The van der Waals surface area contributed by atoms with Gasteiger partial charge in [0, 0.05) is 19.3 Å². The first kappa shape index (κ1) is 12.3. The number of H-pyrrole nitrogens is 1. The molecule has 1 N–H and O–H groups in total. The third kappa shape index (κ3) is 2.24. The van der Waals surface area contributed by atoms with E-state index in [1.807, 2.05) is 13.8 Å². The number of aromatic nitrogens is 5. The minimum Gasteiger partial charge on any atom is -0.313 e. The van der Waals surface area contributed by atoms with Crippen LogP contribution in [0.2, 0.25) is 0 Å². The summed E-state index contributed by atoms with van der Waals surface area (Å²) in [6.07, 6.45) is 4.01. The summed E-state index contributed by atoms with van der Waals surface area (Å²) in [5.41, 5.74) is 0.397. The molecule has 0 aliphatic heterocycles. The van der Waals surface area contributed by atoms with Gasteiger partial charge >= 0.3 is 0 Å². The second-order valence-electron chi connectivity index (χ2n) is 4.12. The lowest BCUT2D eigenvalue weighted by Gasteiger charge is -2.24. The van der Waals surface area contributed by atoms with Crippen LogP contribution in [0.25, 0.3) is 0 Å². The summed E-state index contributed by atoms with van der Waals surface area (Å²) in [4.78, 5) is 16.9. The van der Waals surface area contributed by atoms with E-state index in [0.717, 1.165) is 6.42 Å². The van der Waals surface area contributed by atoms with E-state index in [9.17, 15) is 4.79 Å². The van der Waals surface area contributed by atoms with Crippen LogP contribution in [0, 0.1) is 0 Å². The highest BCUT2D eigenvalue weighted by Gasteiger charge is 2.26. The number of hydrogen-bond acceptors (Lipinski definition) is 4. The molecule has 2 rings (SSSR count). The van der Waals surface area contributed by atoms with Crippen molar-refractivity contribution in [2.45, 2.75) is 26.3 Å². The summed E-state index contributed by atoms with van der Waals surface area (Å²) < 4.78 is 1.60. The summed E-state index contributed by atoms with van der Waals surface area (Å²) in [5, 5.41) is 11.7. The number of nitrogens with one attached hydrogen (secondary N) is 1. The van der Waals surface area contributed by atoms with Gasteiger partial charge in [0.25, 0.3) is 5.91 Å². The fourth-order valence-corrected chi connectivity index (χ4v) is 1.66. The highest BCUT2D eigenvalue weighted by molar-refractivity contribution is 6.04. The largest absolute Gasteiger partial charge is 0.313 e. The maximum absolute atomic E-state index is 12.4. The van der Waals surface area contributed by atoms with Gasteiger partial charge in [0.1, 0.15) is 6.33 Å². The number of anilines is 1. The summed E-state index contributed by atoms with van der Waals surface area (Å²) in [6.45, 7) is 3.98. The highest BCUT2D eigenvalue weighted by atomic mass is 16.2. The van der Waals surface area contributed by atoms with Crippen molar-refractivity contribution in [3.05, 3.63) is 24.3 Å². The van der Waals surface area contributed by atoms with E-state index < -0.39 is 0 Å². The van der Waals surface area contributed by atoms with Crippen LogP contribution >= 0.6 is 0 Å². The minimum atomic E-state index is -0.179. The lowest BCUT2D eigenvalue weighted by atomic mass is 10.2. The molecule has 0 bridgehead atoms. The second kappa shape index (κ2) is 4.99. The average Bonchev–Trinajstić information content (AvgIpc) is 3.00. The van der Waals surface area contributed by atoms with Crippen LogP contribution in [-0.2, 0) is 7.05 Å². The summed E-state index contributed by atoms with van der Waals surface area (Å²) in [7, 11) is 1.78. The maximum atomic E-state index is 12.4. The number of aromatic amines is 1. The Hall–Kier alpha value is -2.18. The van der Waals surface area contributed by atoms with Gasteiger partial charge in [-0.15, -0.1) is 10.2 Å². The third-order valence-corrected chi connectivity index (χ3v) is 2.82. The van der Waals surface area contributed by atoms with Gasteiger partial charge in [0.05, 0.1) is 0 Å². The number of aryl methyl sites for hydroxylation is 1. The Balaban J connectivity index is 2.32. The van der Waals surface area contributed by atoms with Crippen LogP contribution < -0.4 is 4.90 Å². The molecular weight excluding hydrogens is 232 g/mol. The predicted octanol–water partition coefficient (Wildman–Crippen LogP) is 0.983. The van der Waals surface area contributed by atoms with E-state index in [4.69, 9.17) is 0 Å². The molecule has 0 saturated heterocycles. The Morgan fingerprint density at radius 2 is 2.39 bits per heavy atom. The predicted molar refractivity (Wildman–Crippen MR) is 66.2 cm³/mol. The van der Waals surface area contributed by atoms with Crippen molar-refractivity contribution in [1.82, 2.24) is 25.0 Å². The first-order valence-corrected chi connectivity index (χ1v) is 5.82. The Labute approximate surface area is 105 Å². The molecule has 0 saturated carbocycles. The van der Waals surface area contributed by atoms with Crippen LogP contribution in [0.15, 0.2) is 18.6 Å². The summed E-state index contributed by atoms with van der Waals surface area (Å²) in [5.74, 6) is 0.265. The van der Waals surface area contributed by atoms with Gasteiger partial charge in [-0.2, -0.15) is 5.10 Å². The van der Waals surface area contributed by atoms with Crippen LogP contribution in [-0.4, -0.2) is 36.9 Å². The standard InChI is InChI=1S/C11H16N6O/c1-4-8(2)17(11-12-7-13-14-11)10(18)9-5-6-16(3)15-9/h5-8H,4H2,1-3H3,(H,12,13,14). The molecule has 18 heavy (non-hydrogen) atoms. The number of hydrogen-bond donors (Lipinski definition) is 1. The zero-order valence-electron chi connectivity index (χ0n) is 10.7. The highest BCUT2D eigenvalue weighted by Crippen LogP contribution is 2.15. The van der Waals surface area contributed by atoms with Gasteiger partial charge in [0.2, 0.25) is 5.95 Å². The fourth-order valence-electron chi connectivity index (χ4n) is 1.66. The molecule has 7 nitrogen and oxygen atoms in total. The van der Waals surface area contributed by atoms with Crippen molar-refractivity contribution < 1.29 is 4.79 Å². The Bertz CT molecular complexity index is 517. The molecule has 2 aromatic heterocycles. The molecule has 0 aliphatic rings. The van der Waals surface area contributed by atoms with Crippen molar-refractivity contribution in [3.8, 4) is 0 Å². The first-order valence-electron chi connectivity index (χ1n) is 5.82. The topological polar surface area (TPSA) is 79.7 Å². The van der Waals surface area contributed by atoms with Gasteiger partial charge in [-0.25, -0.2) is 0 Å². The van der Waals surface area contributed by atoms with Gasteiger partial charge in [-0.05, 0) is 19.4 Å². The first-order chi connectivity index (χ1) is 8.63. The molecule has 2 heterocycles. The van der Waals surface area contributed by atoms with Gasteiger partial charge in [-0.1, -0.05) is 6.92 Å². The molecule has 0 aromatic carbocycles. The zero-order valence-corrected chi connectivity index (χ0v) is 10.7. The number of nitrogens with zero attached hydrogens (tertiary/aromatic N) is 5. The van der Waals surface area contributed by atoms with E-state index in [-0.39, 0.29) is 11.9 Å². The lowest BCUT2D eigenvalue weighted by Crippen LogP contribution is -2.39. The van der Waals surface area contributed by atoms with Crippen molar-refractivity contribution in [3.63, 3.8) is 0 Å². The van der Waals surface area contributed by atoms with Crippen molar-refractivity contribution in [1.29, 1.82) is 0 Å². The molecule has 1 atom stereocenters. The van der Waals surface area contributed by atoms with Gasteiger partial charge in [-0.3, -0.25) is 14.4 Å². The van der Waals surface area contributed by atoms with Gasteiger partial charge < -0.3 is 4.98 Å². The third-order valence-electron chi connectivity index (χ3n) is 2.82. The Morgan fingerprint density at radius 1 is 1.61 bits per heavy atom. The summed E-state index contributed by atoms with van der Waals surface area (Å²) in [6, 6.07) is 1.71.